The van der Waals surface area contributed by atoms with E-state index in [1.165, 1.54) is 0 Å². The fourth-order valence-corrected chi connectivity index (χ4v) is 3.97. The van der Waals surface area contributed by atoms with Gasteiger partial charge in [0, 0.05) is 5.41 Å². The van der Waals surface area contributed by atoms with Crippen molar-refractivity contribution in [3.05, 3.63) is 24.3 Å². The summed E-state index contributed by atoms with van der Waals surface area (Å²) in [4.78, 5) is 25.5. The molecule has 4 nitrogen and oxygen atoms in total. The van der Waals surface area contributed by atoms with Gasteiger partial charge in [0.05, 0.1) is 12.8 Å². The summed E-state index contributed by atoms with van der Waals surface area (Å²) in [7, 11) is 1.57. The summed E-state index contributed by atoms with van der Waals surface area (Å²) < 4.78 is 5.25. The van der Waals surface area contributed by atoms with E-state index in [0.29, 0.717) is 30.2 Å². The van der Waals surface area contributed by atoms with Crippen LogP contribution in [0.25, 0.3) is 0 Å². The summed E-state index contributed by atoms with van der Waals surface area (Å²) >= 11 is 0. The Balaban J connectivity index is 1.88. The number of amides is 1. The summed E-state index contributed by atoms with van der Waals surface area (Å²) in [5.74, 6) is 0.860. The van der Waals surface area contributed by atoms with Crippen LogP contribution in [0.15, 0.2) is 24.3 Å². The maximum atomic E-state index is 12.8. The number of para-hydroxylation sites is 2. The highest BCUT2D eigenvalue weighted by molar-refractivity contribution is 6.15. The Morgan fingerprint density at radius 3 is 2.67 bits per heavy atom. The lowest BCUT2D eigenvalue weighted by Crippen LogP contribution is -2.44. The van der Waals surface area contributed by atoms with Crippen LogP contribution in [0.5, 0.6) is 5.75 Å². The Kier molecular flexibility index (Phi) is 3.08. The van der Waals surface area contributed by atoms with Crippen molar-refractivity contribution in [3.63, 3.8) is 0 Å². The van der Waals surface area contributed by atoms with E-state index >= 15 is 0 Å². The van der Waals surface area contributed by atoms with Gasteiger partial charge in [0.25, 0.3) is 0 Å². The predicted molar refractivity (Wildman–Crippen MR) is 80.2 cm³/mol. The second kappa shape index (κ2) is 4.58. The number of carbonyl (C=O) groups is 2. The number of ether oxygens (including phenoxy) is 1. The Morgan fingerprint density at radius 2 is 2.05 bits per heavy atom. The molecule has 2 unspecified atom stereocenters. The predicted octanol–water partition coefficient (Wildman–Crippen LogP) is 3.03. The summed E-state index contributed by atoms with van der Waals surface area (Å²) in [5.41, 5.74) is -0.592. The van der Waals surface area contributed by atoms with Gasteiger partial charge in [-0.2, -0.15) is 0 Å². The van der Waals surface area contributed by atoms with E-state index in [4.69, 9.17) is 4.74 Å². The smallest absolute Gasteiger partial charge is 0.238 e. The van der Waals surface area contributed by atoms with Gasteiger partial charge in [0.15, 0.2) is 5.78 Å². The van der Waals surface area contributed by atoms with Crippen molar-refractivity contribution in [1.82, 2.24) is 0 Å². The fraction of sp³-hybridized carbons (Fsp3) is 0.529. The van der Waals surface area contributed by atoms with Gasteiger partial charge in [-0.15, -0.1) is 0 Å². The molecule has 2 bridgehead atoms. The van der Waals surface area contributed by atoms with Crippen molar-refractivity contribution < 1.29 is 14.3 Å². The zero-order chi connectivity index (χ0) is 15.3. The molecule has 2 aliphatic rings. The third kappa shape index (κ3) is 1.88. The van der Waals surface area contributed by atoms with Gasteiger partial charge in [-0.05, 0) is 37.3 Å². The van der Waals surface area contributed by atoms with Gasteiger partial charge >= 0.3 is 0 Å². The molecule has 1 N–H and O–H groups in total. The van der Waals surface area contributed by atoms with Crippen LogP contribution in [0.4, 0.5) is 5.69 Å². The number of hydrogen-bond donors (Lipinski definition) is 1. The minimum absolute atomic E-state index is 0.0960. The number of nitrogens with one attached hydrogen (secondary N) is 1. The lowest BCUT2D eigenvalue weighted by atomic mass is 9.70. The van der Waals surface area contributed by atoms with E-state index in [2.05, 4.69) is 5.32 Å². The van der Waals surface area contributed by atoms with Gasteiger partial charge in [-0.3, -0.25) is 9.59 Å². The first-order chi connectivity index (χ1) is 9.91. The molecular formula is C17H21NO3. The number of anilines is 1. The maximum absolute atomic E-state index is 12.8. The standard InChI is InChI=1S/C17H21NO3/c1-16(2)11-8-9-17(10-11,14(16)19)15(20)18-12-6-4-5-7-13(12)21-3/h4-7,11H,8-10H2,1-3H3,(H,18,20). The van der Waals surface area contributed by atoms with Gasteiger partial charge in [0.1, 0.15) is 11.2 Å². The molecular weight excluding hydrogens is 266 g/mol. The molecule has 21 heavy (non-hydrogen) atoms. The molecule has 2 saturated carbocycles. The molecule has 0 radical (unpaired) electrons. The van der Waals surface area contributed by atoms with Crippen molar-refractivity contribution in [1.29, 1.82) is 0 Å². The Bertz CT molecular complexity index is 608. The Hall–Kier alpha value is -1.84. The highest BCUT2D eigenvalue weighted by Crippen LogP contribution is 2.60. The Labute approximate surface area is 124 Å². The van der Waals surface area contributed by atoms with Crippen LogP contribution in [-0.2, 0) is 9.59 Å². The molecule has 3 rings (SSSR count). The quantitative estimate of drug-likeness (QED) is 0.869. The molecule has 112 valence electrons. The SMILES string of the molecule is COc1ccccc1NC(=O)C12CCC(C1)C(C)(C)C2=O. The molecule has 1 aromatic rings. The second-order valence-electron chi connectivity index (χ2n) is 6.73. The summed E-state index contributed by atoms with van der Waals surface area (Å²) in [6, 6.07) is 7.28. The molecule has 2 atom stereocenters. The molecule has 4 heteroatoms. The van der Waals surface area contributed by atoms with Gasteiger partial charge < -0.3 is 10.1 Å². The lowest BCUT2D eigenvalue weighted by molar-refractivity contribution is -0.142. The molecule has 0 aliphatic heterocycles. The van der Waals surface area contributed by atoms with Gasteiger partial charge in [-0.25, -0.2) is 0 Å². The number of benzene rings is 1. The summed E-state index contributed by atoms with van der Waals surface area (Å²) in [6.07, 6.45) is 2.30. The highest BCUT2D eigenvalue weighted by atomic mass is 16.5. The number of hydrogen-bond acceptors (Lipinski definition) is 3. The summed E-state index contributed by atoms with van der Waals surface area (Å²) in [5, 5.41) is 2.91. The first-order valence-electron chi connectivity index (χ1n) is 7.41. The van der Waals surface area contributed by atoms with Crippen LogP contribution in [0.3, 0.4) is 0 Å². The van der Waals surface area contributed by atoms with E-state index in [0.717, 1.165) is 6.42 Å². The maximum Gasteiger partial charge on any atom is 0.238 e. The van der Waals surface area contributed by atoms with Crippen LogP contribution in [-0.4, -0.2) is 18.8 Å². The molecule has 0 heterocycles. The van der Waals surface area contributed by atoms with E-state index in [1.807, 2.05) is 26.0 Å². The molecule has 0 saturated heterocycles. The topological polar surface area (TPSA) is 55.4 Å². The zero-order valence-corrected chi connectivity index (χ0v) is 12.7. The van der Waals surface area contributed by atoms with E-state index in [-0.39, 0.29) is 17.1 Å². The van der Waals surface area contributed by atoms with E-state index in [1.54, 1.807) is 19.2 Å². The number of ketones is 1. The van der Waals surface area contributed by atoms with Gasteiger partial charge in [0.2, 0.25) is 5.91 Å². The lowest BCUT2D eigenvalue weighted by Gasteiger charge is -2.32. The van der Waals surface area contributed by atoms with Gasteiger partial charge in [-0.1, -0.05) is 26.0 Å². The Morgan fingerprint density at radius 1 is 1.33 bits per heavy atom. The minimum atomic E-state index is -0.838. The van der Waals surface area contributed by atoms with Crippen molar-refractivity contribution in [3.8, 4) is 5.75 Å². The number of fused-ring (bicyclic) bond motifs is 2. The first kappa shape index (κ1) is 14.1. The van der Waals surface area contributed by atoms with Crippen molar-refractivity contribution in [2.24, 2.45) is 16.7 Å². The molecule has 2 aliphatic carbocycles. The van der Waals surface area contributed by atoms with Crippen molar-refractivity contribution in [2.45, 2.75) is 33.1 Å². The monoisotopic (exact) mass is 287 g/mol. The number of carbonyl (C=O) groups excluding carboxylic acids is 2. The fourth-order valence-electron chi connectivity index (χ4n) is 3.97. The van der Waals surface area contributed by atoms with E-state index in [9.17, 15) is 9.59 Å². The van der Waals surface area contributed by atoms with Crippen molar-refractivity contribution >= 4 is 17.4 Å². The summed E-state index contributed by atoms with van der Waals surface area (Å²) in [6.45, 7) is 3.94. The van der Waals surface area contributed by atoms with Crippen LogP contribution >= 0.6 is 0 Å². The minimum Gasteiger partial charge on any atom is -0.495 e. The largest absolute Gasteiger partial charge is 0.495 e. The molecule has 1 amide bonds. The average Bonchev–Trinajstić information content (AvgIpc) is 3.00. The van der Waals surface area contributed by atoms with Crippen molar-refractivity contribution in [2.75, 3.05) is 12.4 Å². The zero-order valence-electron chi connectivity index (χ0n) is 12.7. The average molecular weight is 287 g/mol. The molecule has 0 aromatic heterocycles. The molecule has 0 spiro atoms. The van der Waals surface area contributed by atoms with Crippen LogP contribution < -0.4 is 10.1 Å². The first-order valence-corrected chi connectivity index (χ1v) is 7.41. The highest BCUT2D eigenvalue weighted by Gasteiger charge is 2.65. The number of rotatable bonds is 3. The third-order valence-corrected chi connectivity index (χ3v) is 5.34. The molecule has 2 fully saturated rings. The van der Waals surface area contributed by atoms with Crippen LogP contribution in [0, 0.1) is 16.7 Å². The van der Waals surface area contributed by atoms with E-state index < -0.39 is 5.41 Å². The number of Topliss-reactive ketones (excluding diaryl/α,β-unsaturated/α-hetero) is 1. The van der Waals surface area contributed by atoms with Crippen LogP contribution in [0.1, 0.15) is 33.1 Å². The normalized spacial score (nSPS) is 29.5. The number of methoxy groups -OCH3 is 1. The third-order valence-electron chi connectivity index (χ3n) is 5.34. The second-order valence-corrected chi connectivity index (χ2v) is 6.73. The molecule has 1 aromatic carbocycles. The van der Waals surface area contributed by atoms with Crippen LogP contribution in [0.2, 0.25) is 0 Å².